The normalized spacial score (nSPS) is 12.1. The molecule has 2 rings (SSSR count). The van der Waals surface area contributed by atoms with Gasteiger partial charge in [0.2, 0.25) is 10.0 Å². The molecule has 0 aliphatic carbocycles. The van der Waals surface area contributed by atoms with Crippen LogP contribution in [0.15, 0.2) is 54.6 Å². The summed E-state index contributed by atoms with van der Waals surface area (Å²) in [7, 11) is -3.48. The number of halogens is 3. The second kappa shape index (κ2) is 8.35. The number of hydrogen-bond donors (Lipinski definition) is 1. The van der Waals surface area contributed by atoms with Crippen LogP contribution in [0.5, 0.6) is 5.75 Å². The predicted molar refractivity (Wildman–Crippen MR) is 88.9 cm³/mol. The lowest BCUT2D eigenvalue weighted by Crippen LogP contribution is -2.31. The fourth-order valence-electron chi connectivity index (χ4n) is 2.10. The van der Waals surface area contributed by atoms with Crippen molar-refractivity contribution in [1.29, 1.82) is 0 Å². The third kappa shape index (κ3) is 6.75. The lowest BCUT2D eigenvalue weighted by molar-refractivity contribution is -0.137. The molecule has 25 heavy (non-hydrogen) atoms. The van der Waals surface area contributed by atoms with Crippen molar-refractivity contribution in [2.75, 3.05) is 18.9 Å². The predicted octanol–water partition coefficient (Wildman–Crippen LogP) is 3.25. The van der Waals surface area contributed by atoms with Gasteiger partial charge in [-0.05, 0) is 30.2 Å². The number of sulfonamides is 1. The van der Waals surface area contributed by atoms with Gasteiger partial charge in [-0.1, -0.05) is 36.4 Å². The third-order valence-electron chi connectivity index (χ3n) is 3.36. The number of benzene rings is 2. The van der Waals surface area contributed by atoms with Crippen LogP contribution < -0.4 is 9.46 Å². The van der Waals surface area contributed by atoms with Crippen LogP contribution in [0.3, 0.4) is 0 Å². The second-order valence-corrected chi connectivity index (χ2v) is 7.25. The zero-order chi connectivity index (χ0) is 18.3. The molecule has 0 saturated heterocycles. The first-order chi connectivity index (χ1) is 11.8. The zero-order valence-corrected chi connectivity index (χ0v) is 14.1. The Bertz CT molecular complexity index is 777. The van der Waals surface area contributed by atoms with Crippen molar-refractivity contribution in [3.63, 3.8) is 0 Å². The molecule has 0 aliphatic heterocycles. The maximum absolute atomic E-state index is 12.6. The molecule has 0 bridgehead atoms. The van der Waals surface area contributed by atoms with Crippen LogP contribution in [0.2, 0.25) is 0 Å². The van der Waals surface area contributed by atoms with Crippen LogP contribution in [-0.4, -0.2) is 27.3 Å². The Labute approximate surface area is 144 Å². The van der Waals surface area contributed by atoms with E-state index in [-0.39, 0.29) is 24.7 Å². The summed E-state index contributed by atoms with van der Waals surface area (Å²) in [5.41, 5.74) is 0.0986. The van der Waals surface area contributed by atoms with E-state index < -0.39 is 21.8 Å². The topological polar surface area (TPSA) is 55.4 Å². The molecule has 0 saturated carbocycles. The maximum Gasteiger partial charge on any atom is 0.416 e. The minimum atomic E-state index is -4.45. The molecule has 136 valence electrons. The Morgan fingerprint density at radius 3 is 2.40 bits per heavy atom. The molecule has 4 nitrogen and oxygen atoms in total. The molecule has 0 unspecified atom stereocenters. The quantitative estimate of drug-likeness (QED) is 0.723. The Kier molecular flexibility index (Phi) is 6.44. The smallest absolute Gasteiger partial charge is 0.416 e. The van der Waals surface area contributed by atoms with Gasteiger partial charge >= 0.3 is 6.18 Å². The van der Waals surface area contributed by atoms with E-state index in [1.54, 1.807) is 0 Å². The van der Waals surface area contributed by atoms with E-state index in [1.165, 1.54) is 12.1 Å². The Hall–Kier alpha value is -2.06. The molecule has 0 spiro atoms. The molecule has 0 fully saturated rings. The van der Waals surface area contributed by atoms with Gasteiger partial charge in [-0.3, -0.25) is 0 Å². The van der Waals surface area contributed by atoms with Gasteiger partial charge in [0.1, 0.15) is 12.4 Å². The molecule has 1 N–H and O–H groups in total. The molecule has 0 radical (unpaired) electrons. The monoisotopic (exact) mass is 373 g/mol. The molecular formula is C17H18F3NO3S. The van der Waals surface area contributed by atoms with Gasteiger partial charge in [0.25, 0.3) is 0 Å². The van der Waals surface area contributed by atoms with Gasteiger partial charge in [-0.15, -0.1) is 0 Å². The molecule has 0 amide bonds. The number of aryl methyl sites for hydroxylation is 1. The highest BCUT2D eigenvalue weighted by Gasteiger charge is 2.30. The molecule has 0 atom stereocenters. The van der Waals surface area contributed by atoms with Crippen LogP contribution in [0, 0.1) is 0 Å². The van der Waals surface area contributed by atoms with Crippen molar-refractivity contribution in [2.45, 2.75) is 12.6 Å². The van der Waals surface area contributed by atoms with Crippen molar-refractivity contribution in [3.8, 4) is 5.75 Å². The van der Waals surface area contributed by atoms with Gasteiger partial charge < -0.3 is 4.74 Å². The molecule has 2 aromatic rings. The molecule has 2 aromatic carbocycles. The Balaban J connectivity index is 1.76. The van der Waals surface area contributed by atoms with Crippen molar-refractivity contribution < 1.29 is 26.3 Å². The number of alkyl halides is 3. The highest BCUT2D eigenvalue weighted by Crippen LogP contribution is 2.31. The number of ether oxygens (including phenoxy) is 1. The molecule has 0 aliphatic rings. The summed E-state index contributed by atoms with van der Waals surface area (Å²) in [6.45, 7) is -0.0841. The summed E-state index contributed by atoms with van der Waals surface area (Å²) in [4.78, 5) is 0. The van der Waals surface area contributed by atoms with E-state index in [0.717, 1.165) is 17.7 Å². The van der Waals surface area contributed by atoms with Crippen LogP contribution in [0.4, 0.5) is 13.2 Å². The number of nitrogens with one attached hydrogen (secondary N) is 1. The first-order valence-corrected chi connectivity index (χ1v) is 9.23. The SMILES string of the molecule is O=S(=O)(CCc1ccccc1)NCCOc1cccc(C(F)(F)F)c1. The van der Waals surface area contributed by atoms with E-state index in [0.29, 0.717) is 6.42 Å². The fourth-order valence-corrected chi connectivity index (χ4v) is 3.14. The summed E-state index contributed by atoms with van der Waals surface area (Å²) in [6, 6.07) is 13.6. The summed E-state index contributed by atoms with van der Waals surface area (Å²) in [6.07, 6.45) is -4.07. The lowest BCUT2D eigenvalue weighted by Gasteiger charge is -2.11. The standard InChI is InChI=1S/C17H18F3NO3S/c18-17(19,20)15-7-4-8-16(13-15)24-11-10-21-25(22,23)12-9-14-5-2-1-3-6-14/h1-8,13,21H,9-12H2. The third-order valence-corrected chi connectivity index (χ3v) is 4.74. The van der Waals surface area contributed by atoms with E-state index >= 15 is 0 Å². The summed E-state index contributed by atoms with van der Waals surface area (Å²) < 4.78 is 69.1. The molecule has 0 heterocycles. The average Bonchev–Trinajstić information content (AvgIpc) is 2.58. The van der Waals surface area contributed by atoms with Gasteiger partial charge in [0.05, 0.1) is 11.3 Å². The maximum atomic E-state index is 12.6. The second-order valence-electron chi connectivity index (χ2n) is 5.32. The van der Waals surface area contributed by atoms with Gasteiger partial charge in [0, 0.05) is 6.54 Å². The van der Waals surface area contributed by atoms with Crippen molar-refractivity contribution in [2.24, 2.45) is 0 Å². The summed E-state index contributed by atoms with van der Waals surface area (Å²) >= 11 is 0. The first-order valence-electron chi connectivity index (χ1n) is 7.58. The highest BCUT2D eigenvalue weighted by molar-refractivity contribution is 7.89. The minimum absolute atomic E-state index is 0.0205. The van der Waals surface area contributed by atoms with Crippen LogP contribution in [-0.2, 0) is 22.6 Å². The van der Waals surface area contributed by atoms with E-state index in [1.807, 2.05) is 30.3 Å². The number of rotatable bonds is 8. The first kappa shape index (κ1) is 19.3. The Morgan fingerprint density at radius 1 is 1.00 bits per heavy atom. The van der Waals surface area contributed by atoms with Gasteiger partial charge in [0.15, 0.2) is 0 Å². The Morgan fingerprint density at radius 2 is 1.72 bits per heavy atom. The summed E-state index contributed by atoms with van der Waals surface area (Å²) in [5, 5.41) is 0. The van der Waals surface area contributed by atoms with Gasteiger partial charge in [-0.25, -0.2) is 13.1 Å². The highest BCUT2D eigenvalue weighted by atomic mass is 32.2. The van der Waals surface area contributed by atoms with Crippen LogP contribution in [0.1, 0.15) is 11.1 Å². The van der Waals surface area contributed by atoms with E-state index in [4.69, 9.17) is 4.74 Å². The van der Waals surface area contributed by atoms with Crippen LogP contribution >= 0.6 is 0 Å². The zero-order valence-electron chi connectivity index (χ0n) is 13.3. The van der Waals surface area contributed by atoms with Crippen molar-refractivity contribution in [1.82, 2.24) is 4.72 Å². The van der Waals surface area contributed by atoms with Crippen molar-refractivity contribution in [3.05, 3.63) is 65.7 Å². The lowest BCUT2D eigenvalue weighted by atomic mass is 10.2. The van der Waals surface area contributed by atoms with Gasteiger partial charge in [-0.2, -0.15) is 13.2 Å². The number of hydrogen-bond acceptors (Lipinski definition) is 3. The molecular weight excluding hydrogens is 355 g/mol. The van der Waals surface area contributed by atoms with Crippen molar-refractivity contribution >= 4 is 10.0 Å². The minimum Gasteiger partial charge on any atom is -0.492 e. The molecule has 8 heteroatoms. The molecule has 0 aromatic heterocycles. The van der Waals surface area contributed by atoms with E-state index in [9.17, 15) is 21.6 Å². The fraction of sp³-hybridized carbons (Fsp3) is 0.294. The average molecular weight is 373 g/mol. The van der Waals surface area contributed by atoms with Crippen LogP contribution in [0.25, 0.3) is 0 Å². The summed E-state index contributed by atoms with van der Waals surface area (Å²) in [5.74, 6) is -0.0288. The van der Waals surface area contributed by atoms with E-state index in [2.05, 4.69) is 4.72 Å². The largest absolute Gasteiger partial charge is 0.492 e.